The molecule has 0 bridgehead atoms. The molecule has 1 amide bonds. The van der Waals surface area contributed by atoms with Crippen LogP contribution in [0.15, 0.2) is 0 Å². The molecule has 72 valence electrons. The quantitative estimate of drug-likeness (QED) is 0.687. The molecule has 0 heterocycles. The van der Waals surface area contributed by atoms with Crippen LogP contribution in [0.25, 0.3) is 0 Å². The molecule has 0 fully saturated rings. The minimum atomic E-state index is -4.97. The zero-order chi connectivity index (χ0) is 9.78. The number of rotatable bonds is 2. The van der Waals surface area contributed by atoms with Crippen LogP contribution in [0.2, 0.25) is 0 Å². The minimum Gasteiger partial charge on any atom is -0.395 e. The Labute approximate surface area is 66.5 Å². The Bertz CT molecular complexity index is 159. The van der Waals surface area contributed by atoms with Gasteiger partial charge in [-0.1, -0.05) is 0 Å². The molecule has 0 unspecified atom stereocenters. The molecule has 0 aliphatic carbocycles. The van der Waals surface area contributed by atoms with Crippen molar-refractivity contribution in [1.29, 1.82) is 0 Å². The number of aliphatic hydroxyl groups is 1. The molecular weight excluding hydrogens is 179 g/mol. The summed E-state index contributed by atoms with van der Waals surface area (Å²) in [6, 6.07) is 0. The van der Waals surface area contributed by atoms with Gasteiger partial charge in [-0.15, -0.1) is 13.2 Å². The first-order valence-electron chi connectivity index (χ1n) is 2.98. The Morgan fingerprint density at radius 3 is 2.42 bits per heavy atom. The van der Waals surface area contributed by atoms with Gasteiger partial charge in [0, 0.05) is 13.6 Å². The van der Waals surface area contributed by atoms with Gasteiger partial charge < -0.3 is 14.7 Å². The predicted molar refractivity (Wildman–Crippen MR) is 32.3 cm³/mol. The van der Waals surface area contributed by atoms with E-state index in [0.29, 0.717) is 4.90 Å². The highest BCUT2D eigenvalue weighted by Crippen LogP contribution is 2.17. The number of carbonyl (C=O) groups is 1. The van der Waals surface area contributed by atoms with E-state index in [9.17, 15) is 18.0 Å². The predicted octanol–water partition coefficient (Wildman–Crippen LogP) is 0.567. The van der Waals surface area contributed by atoms with Crippen LogP contribution in [0.3, 0.4) is 0 Å². The molecule has 0 rings (SSSR count). The highest BCUT2D eigenvalue weighted by Gasteiger charge is 2.35. The first-order chi connectivity index (χ1) is 5.37. The zero-order valence-electron chi connectivity index (χ0n) is 6.26. The van der Waals surface area contributed by atoms with Gasteiger partial charge in [0.05, 0.1) is 6.61 Å². The summed E-state index contributed by atoms with van der Waals surface area (Å²) in [4.78, 5) is 11.0. The zero-order valence-corrected chi connectivity index (χ0v) is 6.26. The second-order valence-corrected chi connectivity index (χ2v) is 1.96. The molecule has 0 aromatic rings. The number of ether oxygens (including phenoxy) is 1. The number of aliphatic hydroxyl groups excluding tert-OH is 1. The Balaban J connectivity index is 3.87. The van der Waals surface area contributed by atoms with E-state index in [1.54, 1.807) is 0 Å². The van der Waals surface area contributed by atoms with Crippen molar-refractivity contribution in [2.75, 3.05) is 20.2 Å². The standard InChI is InChI=1S/C5H8F3NO3/c1-9(2-3-10)4(11)12-5(6,7)8/h10H,2-3H2,1H3. The van der Waals surface area contributed by atoms with Gasteiger partial charge in [0.15, 0.2) is 0 Å². The Hall–Kier alpha value is -0.980. The summed E-state index contributed by atoms with van der Waals surface area (Å²) in [7, 11) is 1.09. The summed E-state index contributed by atoms with van der Waals surface area (Å²) in [5, 5.41) is 8.25. The fraction of sp³-hybridized carbons (Fsp3) is 0.800. The van der Waals surface area contributed by atoms with Gasteiger partial charge in [0.1, 0.15) is 0 Å². The van der Waals surface area contributed by atoms with Crippen molar-refractivity contribution in [3.05, 3.63) is 0 Å². The molecule has 1 N–H and O–H groups in total. The van der Waals surface area contributed by atoms with Crippen molar-refractivity contribution < 1.29 is 27.8 Å². The fourth-order valence-corrected chi connectivity index (χ4v) is 0.418. The van der Waals surface area contributed by atoms with Crippen LogP contribution in [-0.4, -0.2) is 42.7 Å². The molecule has 0 radical (unpaired) electrons. The monoisotopic (exact) mass is 187 g/mol. The summed E-state index contributed by atoms with van der Waals surface area (Å²) in [6.45, 7) is -0.613. The Morgan fingerprint density at radius 2 is 2.08 bits per heavy atom. The second-order valence-electron chi connectivity index (χ2n) is 1.96. The third kappa shape index (κ3) is 4.78. The van der Waals surface area contributed by atoms with Crippen molar-refractivity contribution in [2.24, 2.45) is 0 Å². The van der Waals surface area contributed by atoms with E-state index in [-0.39, 0.29) is 6.54 Å². The van der Waals surface area contributed by atoms with E-state index in [0.717, 1.165) is 7.05 Å². The van der Waals surface area contributed by atoms with Crippen LogP contribution in [0.1, 0.15) is 0 Å². The lowest BCUT2D eigenvalue weighted by molar-refractivity contribution is -0.294. The lowest BCUT2D eigenvalue weighted by atomic mass is 10.6. The smallest absolute Gasteiger partial charge is 0.395 e. The number of hydrogen-bond acceptors (Lipinski definition) is 3. The summed E-state index contributed by atoms with van der Waals surface area (Å²) in [6.07, 6.45) is -6.50. The first-order valence-corrected chi connectivity index (χ1v) is 2.98. The first kappa shape index (κ1) is 11.0. The number of hydrogen-bond donors (Lipinski definition) is 1. The molecule has 4 nitrogen and oxygen atoms in total. The minimum absolute atomic E-state index is 0.199. The number of nitrogens with zero attached hydrogens (tertiary/aromatic N) is 1. The highest BCUT2D eigenvalue weighted by molar-refractivity contribution is 5.67. The Morgan fingerprint density at radius 1 is 1.58 bits per heavy atom. The Kier molecular flexibility index (Phi) is 3.81. The normalized spacial score (nSPS) is 11.1. The van der Waals surface area contributed by atoms with E-state index in [4.69, 9.17) is 5.11 Å². The molecule has 0 aromatic carbocycles. The van der Waals surface area contributed by atoms with Crippen LogP contribution in [0, 0.1) is 0 Å². The molecule has 0 aromatic heterocycles. The van der Waals surface area contributed by atoms with Crippen LogP contribution in [0.4, 0.5) is 18.0 Å². The van der Waals surface area contributed by atoms with E-state index in [1.807, 2.05) is 0 Å². The van der Waals surface area contributed by atoms with Gasteiger partial charge in [-0.2, -0.15) is 0 Å². The molecule has 0 atom stereocenters. The number of amides is 1. The van der Waals surface area contributed by atoms with Crippen LogP contribution in [0.5, 0.6) is 0 Å². The van der Waals surface area contributed by atoms with Gasteiger partial charge in [-0.3, -0.25) is 0 Å². The van der Waals surface area contributed by atoms with Crippen LogP contribution >= 0.6 is 0 Å². The number of alkyl halides is 3. The molecule has 12 heavy (non-hydrogen) atoms. The molecular formula is C5H8F3NO3. The highest BCUT2D eigenvalue weighted by atomic mass is 19.4. The van der Waals surface area contributed by atoms with Gasteiger partial charge in [0.25, 0.3) is 0 Å². The number of carbonyl (C=O) groups excluding carboxylic acids is 1. The largest absolute Gasteiger partial charge is 0.576 e. The van der Waals surface area contributed by atoms with Crippen molar-refractivity contribution in [2.45, 2.75) is 6.36 Å². The maximum atomic E-state index is 11.4. The van der Waals surface area contributed by atoms with Crippen molar-refractivity contribution in [3.63, 3.8) is 0 Å². The molecule has 0 aliphatic heterocycles. The molecule has 0 saturated carbocycles. The average Bonchev–Trinajstić information content (AvgIpc) is 1.84. The fourth-order valence-electron chi connectivity index (χ4n) is 0.418. The molecule has 0 saturated heterocycles. The van der Waals surface area contributed by atoms with E-state index < -0.39 is 19.1 Å². The maximum absolute atomic E-state index is 11.4. The van der Waals surface area contributed by atoms with E-state index >= 15 is 0 Å². The lowest BCUT2D eigenvalue weighted by Gasteiger charge is -2.16. The third-order valence-corrected chi connectivity index (χ3v) is 0.950. The lowest BCUT2D eigenvalue weighted by Crippen LogP contribution is -2.34. The summed E-state index contributed by atoms with van der Waals surface area (Å²) in [5.74, 6) is 0. The molecule has 7 heteroatoms. The summed E-state index contributed by atoms with van der Waals surface area (Å²) in [5.41, 5.74) is 0. The van der Waals surface area contributed by atoms with Gasteiger partial charge in [-0.25, -0.2) is 4.79 Å². The van der Waals surface area contributed by atoms with Crippen molar-refractivity contribution >= 4 is 6.09 Å². The second kappa shape index (κ2) is 4.15. The SMILES string of the molecule is CN(CCO)C(=O)OC(F)(F)F. The average molecular weight is 187 g/mol. The maximum Gasteiger partial charge on any atom is 0.576 e. The number of likely N-dealkylation sites (N-methyl/N-ethyl adjacent to an activating group) is 1. The topological polar surface area (TPSA) is 49.8 Å². The molecule has 0 spiro atoms. The van der Waals surface area contributed by atoms with Crippen molar-refractivity contribution in [1.82, 2.24) is 4.90 Å². The van der Waals surface area contributed by atoms with Crippen LogP contribution < -0.4 is 0 Å². The van der Waals surface area contributed by atoms with Gasteiger partial charge >= 0.3 is 12.5 Å². The third-order valence-electron chi connectivity index (χ3n) is 0.950. The van der Waals surface area contributed by atoms with Crippen LogP contribution in [-0.2, 0) is 4.74 Å². The summed E-state index contributed by atoms with van der Waals surface area (Å²) >= 11 is 0. The molecule has 0 aliphatic rings. The van der Waals surface area contributed by atoms with E-state index in [2.05, 4.69) is 4.74 Å². The number of halogens is 3. The van der Waals surface area contributed by atoms with Gasteiger partial charge in [-0.05, 0) is 0 Å². The van der Waals surface area contributed by atoms with Gasteiger partial charge in [0.2, 0.25) is 0 Å². The van der Waals surface area contributed by atoms with E-state index in [1.165, 1.54) is 0 Å². The van der Waals surface area contributed by atoms with Crippen molar-refractivity contribution in [3.8, 4) is 0 Å². The summed E-state index contributed by atoms with van der Waals surface area (Å²) < 4.78 is 37.2.